The number of hydrogen-bond acceptors (Lipinski definition) is 5. The lowest BCUT2D eigenvalue weighted by Crippen LogP contribution is -2.60. The molecule has 0 bridgehead atoms. The SMILES string of the molecule is CCc1nc(CN2CCN(C)C3(CCC(=O)N(CC4CC4)CC3)C2)cs1. The third kappa shape index (κ3) is 3.97. The summed E-state index contributed by atoms with van der Waals surface area (Å²) in [6.07, 6.45) is 6.47. The molecule has 3 heterocycles. The first-order chi connectivity index (χ1) is 12.6. The predicted octanol–water partition coefficient (Wildman–Crippen LogP) is 2.61. The van der Waals surface area contributed by atoms with Gasteiger partial charge in [-0.15, -0.1) is 11.3 Å². The lowest BCUT2D eigenvalue weighted by atomic mass is 9.86. The summed E-state index contributed by atoms with van der Waals surface area (Å²) >= 11 is 1.78. The number of piperazine rings is 1. The van der Waals surface area contributed by atoms with Gasteiger partial charge >= 0.3 is 0 Å². The third-order valence-electron chi connectivity index (χ3n) is 6.55. The van der Waals surface area contributed by atoms with Gasteiger partial charge in [-0.25, -0.2) is 4.98 Å². The van der Waals surface area contributed by atoms with E-state index in [4.69, 9.17) is 4.98 Å². The van der Waals surface area contributed by atoms with Gasteiger partial charge in [-0.05, 0) is 45.1 Å². The lowest BCUT2D eigenvalue weighted by Gasteiger charge is -2.49. The summed E-state index contributed by atoms with van der Waals surface area (Å²) in [5.74, 6) is 1.16. The molecule has 3 fully saturated rings. The summed E-state index contributed by atoms with van der Waals surface area (Å²) in [5.41, 5.74) is 1.36. The fourth-order valence-electron chi connectivity index (χ4n) is 4.53. The molecule has 1 unspecified atom stereocenters. The molecule has 1 aromatic rings. The van der Waals surface area contributed by atoms with E-state index in [1.165, 1.54) is 23.5 Å². The zero-order valence-electron chi connectivity index (χ0n) is 16.2. The zero-order valence-corrected chi connectivity index (χ0v) is 17.1. The molecular weight excluding hydrogens is 344 g/mol. The molecule has 6 heteroatoms. The topological polar surface area (TPSA) is 39.7 Å². The highest BCUT2D eigenvalue weighted by Crippen LogP contribution is 2.35. The van der Waals surface area contributed by atoms with Crippen molar-refractivity contribution in [2.24, 2.45) is 5.92 Å². The maximum atomic E-state index is 12.6. The van der Waals surface area contributed by atoms with Gasteiger partial charge in [0, 0.05) is 56.6 Å². The Kier molecular flexibility index (Phi) is 5.35. The van der Waals surface area contributed by atoms with Crippen molar-refractivity contribution < 1.29 is 4.79 Å². The molecule has 0 N–H and O–H groups in total. The minimum Gasteiger partial charge on any atom is -0.342 e. The fraction of sp³-hybridized carbons (Fsp3) is 0.800. The van der Waals surface area contributed by atoms with Crippen molar-refractivity contribution in [3.63, 3.8) is 0 Å². The maximum Gasteiger partial charge on any atom is 0.222 e. The maximum absolute atomic E-state index is 12.6. The van der Waals surface area contributed by atoms with Gasteiger partial charge in [0.15, 0.2) is 0 Å². The zero-order chi connectivity index (χ0) is 18.1. The van der Waals surface area contributed by atoms with E-state index in [1.807, 2.05) is 0 Å². The van der Waals surface area contributed by atoms with E-state index >= 15 is 0 Å². The summed E-state index contributed by atoms with van der Waals surface area (Å²) < 4.78 is 0. The van der Waals surface area contributed by atoms with E-state index in [0.29, 0.717) is 12.3 Å². The minimum absolute atomic E-state index is 0.149. The molecule has 2 aliphatic heterocycles. The van der Waals surface area contributed by atoms with Crippen LogP contribution >= 0.6 is 11.3 Å². The molecule has 3 aliphatic rings. The summed E-state index contributed by atoms with van der Waals surface area (Å²) in [5, 5.41) is 3.46. The molecule has 1 aromatic heterocycles. The number of thiazole rings is 1. The van der Waals surface area contributed by atoms with Crippen LogP contribution in [0.25, 0.3) is 0 Å². The third-order valence-corrected chi connectivity index (χ3v) is 7.59. The van der Waals surface area contributed by atoms with Crippen LogP contribution in [-0.2, 0) is 17.8 Å². The highest BCUT2D eigenvalue weighted by Gasteiger charge is 2.42. The predicted molar refractivity (Wildman–Crippen MR) is 105 cm³/mol. The van der Waals surface area contributed by atoms with Crippen molar-refractivity contribution in [2.75, 3.05) is 39.8 Å². The number of rotatable bonds is 5. The van der Waals surface area contributed by atoms with Crippen LogP contribution in [0.15, 0.2) is 5.38 Å². The molecule has 5 nitrogen and oxygen atoms in total. The normalized spacial score (nSPS) is 28.7. The summed E-state index contributed by atoms with van der Waals surface area (Å²) in [6.45, 7) is 8.30. The first kappa shape index (κ1) is 18.4. The number of carbonyl (C=O) groups excluding carboxylic acids is 1. The van der Waals surface area contributed by atoms with Gasteiger partial charge in [0.05, 0.1) is 10.7 Å². The Bertz CT molecular complexity index is 644. The quantitative estimate of drug-likeness (QED) is 0.792. The first-order valence-corrected chi connectivity index (χ1v) is 11.1. The van der Waals surface area contributed by atoms with Gasteiger partial charge in [0.1, 0.15) is 0 Å². The number of likely N-dealkylation sites (N-methyl/N-ethyl adjacent to an activating group) is 1. The van der Waals surface area contributed by atoms with Crippen LogP contribution in [0.3, 0.4) is 0 Å². The average molecular weight is 377 g/mol. The van der Waals surface area contributed by atoms with E-state index in [0.717, 1.165) is 64.4 Å². The number of aromatic nitrogens is 1. The molecule has 4 rings (SSSR count). The molecule has 0 radical (unpaired) electrons. The molecular formula is C20H32N4OS. The van der Waals surface area contributed by atoms with Crippen molar-refractivity contribution >= 4 is 17.2 Å². The molecule has 1 amide bonds. The van der Waals surface area contributed by atoms with Gasteiger partial charge in [-0.3, -0.25) is 14.6 Å². The standard InChI is InChI=1S/C20H32N4OS/c1-3-18-21-17(14-26-18)13-23-11-10-22(2)20(15-23)7-6-19(25)24(9-8-20)12-16-4-5-16/h14,16H,3-13,15H2,1-2H3. The van der Waals surface area contributed by atoms with Crippen molar-refractivity contribution in [2.45, 2.75) is 57.5 Å². The van der Waals surface area contributed by atoms with Gasteiger partial charge in [-0.1, -0.05) is 6.92 Å². The number of likely N-dealkylation sites (tertiary alicyclic amines) is 1. The summed E-state index contributed by atoms with van der Waals surface area (Å²) in [4.78, 5) is 24.6. The second kappa shape index (κ2) is 7.56. The van der Waals surface area contributed by atoms with Crippen LogP contribution < -0.4 is 0 Å². The first-order valence-electron chi connectivity index (χ1n) is 10.2. The number of nitrogens with zero attached hydrogens (tertiary/aromatic N) is 4. The molecule has 2 saturated heterocycles. The Labute approximate surface area is 161 Å². The van der Waals surface area contributed by atoms with Crippen LogP contribution in [0.2, 0.25) is 0 Å². The van der Waals surface area contributed by atoms with Crippen molar-refractivity contribution in [1.29, 1.82) is 0 Å². The van der Waals surface area contributed by atoms with Gasteiger partial charge in [0.25, 0.3) is 0 Å². The molecule has 1 spiro atoms. The van der Waals surface area contributed by atoms with E-state index < -0.39 is 0 Å². The van der Waals surface area contributed by atoms with E-state index in [1.54, 1.807) is 11.3 Å². The molecule has 0 aromatic carbocycles. The smallest absolute Gasteiger partial charge is 0.222 e. The highest BCUT2D eigenvalue weighted by atomic mass is 32.1. The van der Waals surface area contributed by atoms with Crippen LogP contribution in [0, 0.1) is 5.92 Å². The number of carbonyl (C=O) groups is 1. The van der Waals surface area contributed by atoms with Gasteiger partial charge in [-0.2, -0.15) is 0 Å². The molecule has 1 aliphatic carbocycles. The van der Waals surface area contributed by atoms with Crippen LogP contribution in [0.5, 0.6) is 0 Å². The monoisotopic (exact) mass is 376 g/mol. The molecule has 26 heavy (non-hydrogen) atoms. The average Bonchev–Trinajstić information content (AvgIpc) is 3.37. The lowest BCUT2D eigenvalue weighted by molar-refractivity contribution is -0.131. The molecule has 1 atom stereocenters. The summed E-state index contributed by atoms with van der Waals surface area (Å²) in [7, 11) is 2.26. The minimum atomic E-state index is 0.149. The van der Waals surface area contributed by atoms with Gasteiger partial charge < -0.3 is 4.90 Å². The Morgan fingerprint density at radius 2 is 2.12 bits per heavy atom. The van der Waals surface area contributed by atoms with Crippen molar-refractivity contribution in [3.05, 3.63) is 16.1 Å². The second-order valence-electron chi connectivity index (χ2n) is 8.48. The van der Waals surface area contributed by atoms with Crippen LogP contribution in [0.1, 0.15) is 49.7 Å². The summed E-state index contributed by atoms with van der Waals surface area (Å²) in [6, 6.07) is 0. The Morgan fingerprint density at radius 3 is 2.85 bits per heavy atom. The van der Waals surface area contributed by atoms with Crippen molar-refractivity contribution in [3.8, 4) is 0 Å². The van der Waals surface area contributed by atoms with E-state index in [9.17, 15) is 4.79 Å². The Morgan fingerprint density at radius 1 is 1.27 bits per heavy atom. The fourth-order valence-corrected chi connectivity index (χ4v) is 5.26. The number of aryl methyl sites for hydroxylation is 1. The Balaban J connectivity index is 1.42. The number of hydrogen-bond donors (Lipinski definition) is 0. The number of amides is 1. The Hall–Kier alpha value is -0.980. The van der Waals surface area contributed by atoms with Crippen LogP contribution in [-0.4, -0.2) is 70.9 Å². The van der Waals surface area contributed by atoms with Crippen molar-refractivity contribution in [1.82, 2.24) is 19.7 Å². The van der Waals surface area contributed by atoms with Gasteiger partial charge in [0.2, 0.25) is 5.91 Å². The molecule has 1 saturated carbocycles. The largest absolute Gasteiger partial charge is 0.342 e. The molecule has 144 valence electrons. The van der Waals surface area contributed by atoms with E-state index in [-0.39, 0.29) is 5.54 Å². The highest BCUT2D eigenvalue weighted by molar-refractivity contribution is 7.09. The second-order valence-corrected chi connectivity index (χ2v) is 9.42. The van der Waals surface area contributed by atoms with Crippen LogP contribution in [0.4, 0.5) is 0 Å². The van der Waals surface area contributed by atoms with E-state index in [2.05, 4.69) is 34.1 Å².